The van der Waals surface area contributed by atoms with Crippen LogP contribution in [-0.4, -0.2) is 75.0 Å². The Hall–Kier alpha value is -0.280. The third kappa shape index (κ3) is 4.45. The van der Waals surface area contributed by atoms with Gasteiger partial charge in [-0.15, -0.1) is 0 Å². The molecule has 2 aliphatic heterocycles. The van der Waals surface area contributed by atoms with Gasteiger partial charge in [-0.2, -0.15) is 0 Å². The standard InChI is InChI=1S/C35H60O7/c1-30(2)23-12-17-34(7)24(32(23,5)15-13-25(30)41-29-28(38)27(37)22(36)19-40-29)10-9-20-21(11-16-33(20,34)6)35(8)18-14-26(42-35)31(3,4)39/h20-29,36-39H,9-19H2,1-8H3. The van der Waals surface area contributed by atoms with Gasteiger partial charge in [0.25, 0.3) is 0 Å². The van der Waals surface area contributed by atoms with Crippen LogP contribution in [0.4, 0.5) is 0 Å². The van der Waals surface area contributed by atoms with Gasteiger partial charge in [-0.1, -0.05) is 34.6 Å². The third-order valence-corrected chi connectivity index (χ3v) is 15.0. The minimum Gasteiger partial charge on any atom is -0.388 e. The Morgan fingerprint density at radius 3 is 2.07 bits per heavy atom. The molecule has 4 saturated carbocycles. The minimum atomic E-state index is -1.25. The molecule has 6 fully saturated rings. The second-order valence-corrected chi connectivity index (χ2v) is 17.7. The number of aliphatic hydroxyl groups excluding tert-OH is 3. The van der Waals surface area contributed by atoms with Crippen LogP contribution in [0.3, 0.4) is 0 Å². The molecule has 0 amide bonds. The van der Waals surface area contributed by atoms with Crippen molar-refractivity contribution in [3.63, 3.8) is 0 Å². The topological polar surface area (TPSA) is 109 Å². The Bertz CT molecular complexity index is 1030. The highest BCUT2D eigenvalue weighted by Crippen LogP contribution is 2.76. The van der Waals surface area contributed by atoms with Crippen molar-refractivity contribution in [1.29, 1.82) is 0 Å². The Morgan fingerprint density at radius 1 is 0.714 bits per heavy atom. The molecule has 0 spiro atoms. The van der Waals surface area contributed by atoms with Crippen LogP contribution >= 0.6 is 0 Å². The van der Waals surface area contributed by atoms with E-state index in [1.54, 1.807) is 0 Å². The third-order valence-electron chi connectivity index (χ3n) is 15.0. The van der Waals surface area contributed by atoms with Gasteiger partial charge in [-0.05, 0) is 130 Å². The van der Waals surface area contributed by atoms with Gasteiger partial charge in [-0.25, -0.2) is 0 Å². The molecule has 7 nitrogen and oxygen atoms in total. The first-order valence-electron chi connectivity index (χ1n) is 17.1. The summed E-state index contributed by atoms with van der Waals surface area (Å²) in [5.41, 5.74) is -0.289. The quantitative estimate of drug-likeness (QED) is 0.332. The molecule has 0 radical (unpaired) electrons. The number of fused-ring (bicyclic) bond motifs is 5. The van der Waals surface area contributed by atoms with E-state index in [9.17, 15) is 20.4 Å². The van der Waals surface area contributed by atoms with E-state index in [-0.39, 0.29) is 46.1 Å². The summed E-state index contributed by atoms with van der Waals surface area (Å²) in [6.07, 6.45) is 6.76. The number of hydrogen-bond donors (Lipinski definition) is 4. The number of ether oxygens (including phenoxy) is 3. The predicted molar refractivity (Wildman–Crippen MR) is 160 cm³/mol. The molecule has 0 bridgehead atoms. The van der Waals surface area contributed by atoms with E-state index < -0.39 is 30.2 Å². The summed E-state index contributed by atoms with van der Waals surface area (Å²) in [4.78, 5) is 0. The van der Waals surface area contributed by atoms with Crippen LogP contribution in [0.25, 0.3) is 0 Å². The second kappa shape index (κ2) is 10.1. The lowest BCUT2D eigenvalue weighted by atomic mass is 9.35. The van der Waals surface area contributed by atoms with Crippen molar-refractivity contribution in [3.05, 3.63) is 0 Å². The Kier molecular flexibility index (Phi) is 7.63. The highest BCUT2D eigenvalue weighted by Gasteiger charge is 2.70. The molecule has 4 aliphatic carbocycles. The summed E-state index contributed by atoms with van der Waals surface area (Å²) in [5, 5.41) is 41.5. The zero-order chi connectivity index (χ0) is 30.7. The maximum atomic E-state index is 10.7. The largest absolute Gasteiger partial charge is 0.388 e. The van der Waals surface area contributed by atoms with Crippen LogP contribution in [0.5, 0.6) is 0 Å². The smallest absolute Gasteiger partial charge is 0.186 e. The number of aliphatic hydroxyl groups is 4. The molecule has 0 aromatic carbocycles. The predicted octanol–water partition coefficient (Wildman–Crippen LogP) is 5.20. The molecule has 2 heterocycles. The lowest BCUT2D eigenvalue weighted by molar-refractivity contribution is -0.310. The fourth-order valence-electron chi connectivity index (χ4n) is 12.4. The van der Waals surface area contributed by atoms with Gasteiger partial charge >= 0.3 is 0 Å². The fraction of sp³-hybridized carbons (Fsp3) is 1.00. The number of hydrogen-bond acceptors (Lipinski definition) is 7. The van der Waals surface area contributed by atoms with E-state index in [1.165, 1.54) is 38.5 Å². The van der Waals surface area contributed by atoms with Crippen molar-refractivity contribution in [2.75, 3.05) is 6.61 Å². The van der Waals surface area contributed by atoms with Crippen molar-refractivity contribution in [3.8, 4) is 0 Å². The minimum absolute atomic E-state index is 0.0269. The highest BCUT2D eigenvalue weighted by molar-refractivity contribution is 5.19. The van der Waals surface area contributed by atoms with Gasteiger partial charge in [0.15, 0.2) is 6.29 Å². The van der Waals surface area contributed by atoms with E-state index in [4.69, 9.17) is 14.2 Å². The highest BCUT2D eigenvalue weighted by atomic mass is 16.7. The van der Waals surface area contributed by atoms with Gasteiger partial charge < -0.3 is 34.6 Å². The average Bonchev–Trinajstić information content (AvgIpc) is 3.48. The lowest BCUT2D eigenvalue weighted by Gasteiger charge is -2.70. The first-order valence-corrected chi connectivity index (χ1v) is 17.1. The van der Waals surface area contributed by atoms with E-state index in [2.05, 4.69) is 41.5 Å². The summed E-state index contributed by atoms with van der Waals surface area (Å²) in [6.45, 7) is 18.6. The van der Waals surface area contributed by atoms with Crippen LogP contribution in [0.1, 0.15) is 120 Å². The molecule has 0 aromatic rings. The molecule has 6 rings (SSSR count). The van der Waals surface area contributed by atoms with Crippen LogP contribution in [0.2, 0.25) is 0 Å². The Balaban J connectivity index is 1.21. The monoisotopic (exact) mass is 592 g/mol. The maximum Gasteiger partial charge on any atom is 0.186 e. The first-order chi connectivity index (χ1) is 19.4. The summed E-state index contributed by atoms with van der Waals surface area (Å²) in [6, 6.07) is 0. The Labute approximate surface area is 254 Å². The Morgan fingerprint density at radius 2 is 1.40 bits per heavy atom. The summed E-state index contributed by atoms with van der Waals surface area (Å²) < 4.78 is 18.9. The lowest BCUT2D eigenvalue weighted by Crippen LogP contribution is -2.65. The molecule has 14 atom stereocenters. The van der Waals surface area contributed by atoms with Gasteiger partial charge in [-0.3, -0.25) is 0 Å². The van der Waals surface area contributed by atoms with Crippen LogP contribution < -0.4 is 0 Å². The van der Waals surface area contributed by atoms with E-state index in [0.29, 0.717) is 23.7 Å². The van der Waals surface area contributed by atoms with Crippen molar-refractivity contribution in [2.45, 2.75) is 168 Å². The van der Waals surface area contributed by atoms with E-state index in [0.717, 1.165) is 25.7 Å². The second-order valence-electron chi connectivity index (χ2n) is 17.7. The SMILES string of the molecule is CC(C)(O)C1CCC(C)(C2CCC3(C)C2CCC2C4(C)CCC(OC5OCC(O)C(O)C5O)C(C)(C)C4CCC23C)O1. The molecule has 2 saturated heterocycles. The molecule has 42 heavy (non-hydrogen) atoms. The molecule has 4 N–H and O–H groups in total. The van der Waals surface area contributed by atoms with E-state index >= 15 is 0 Å². The summed E-state index contributed by atoms with van der Waals surface area (Å²) >= 11 is 0. The molecule has 14 unspecified atom stereocenters. The summed E-state index contributed by atoms with van der Waals surface area (Å²) in [5.74, 6) is 2.36. The van der Waals surface area contributed by atoms with Crippen molar-refractivity contribution < 1.29 is 34.6 Å². The summed E-state index contributed by atoms with van der Waals surface area (Å²) in [7, 11) is 0. The van der Waals surface area contributed by atoms with Crippen molar-refractivity contribution in [2.24, 2.45) is 45.3 Å². The zero-order valence-corrected chi connectivity index (χ0v) is 27.6. The van der Waals surface area contributed by atoms with Crippen LogP contribution in [0.15, 0.2) is 0 Å². The average molecular weight is 593 g/mol. The molecular formula is C35H60O7. The zero-order valence-electron chi connectivity index (χ0n) is 27.6. The molecule has 242 valence electrons. The fourth-order valence-corrected chi connectivity index (χ4v) is 12.4. The van der Waals surface area contributed by atoms with Gasteiger partial charge in [0.2, 0.25) is 0 Å². The van der Waals surface area contributed by atoms with Crippen molar-refractivity contribution in [1.82, 2.24) is 0 Å². The van der Waals surface area contributed by atoms with Gasteiger partial charge in [0.1, 0.15) is 18.3 Å². The van der Waals surface area contributed by atoms with Crippen LogP contribution in [-0.2, 0) is 14.2 Å². The van der Waals surface area contributed by atoms with E-state index in [1.807, 2.05) is 13.8 Å². The van der Waals surface area contributed by atoms with Gasteiger partial charge in [0.05, 0.1) is 30.0 Å². The maximum absolute atomic E-state index is 10.7. The molecule has 6 aliphatic rings. The molecular weight excluding hydrogens is 532 g/mol. The van der Waals surface area contributed by atoms with Crippen molar-refractivity contribution >= 4 is 0 Å². The number of rotatable bonds is 4. The van der Waals surface area contributed by atoms with Crippen LogP contribution in [0, 0.1) is 45.3 Å². The first kappa shape index (κ1) is 31.7. The molecule has 7 heteroatoms. The molecule has 0 aromatic heterocycles. The normalized spacial score (nSPS) is 56.0. The van der Waals surface area contributed by atoms with Gasteiger partial charge in [0, 0.05) is 0 Å².